The van der Waals surface area contributed by atoms with Crippen LogP contribution in [0.2, 0.25) is 0 Å². The molecular weight excluding hydrogens is 368 g/mol. The number of carbonyl (C=O) groups excluding carboxylic acids is 2. The molecule has 8 nitrogen and oxygen atoms in total. The Morgan fingerprint density at radius 3 is 2.78 bits per heavy atom. The fourth-order valence-corrected chi connectivity index (χ4v) is 3.36. The second-order valence-corrected chi connectivity index (χ2v) is 6.88. The zero-order chi connectivity index (χ0) is 19.4. The first-order valence-electron chi connectivity index (χ1n) is 8.12. The van der Waals surface area contributed by atoms with Crippen molar-refractivity contribution in [3.8, 4) is 0 Å². The molecule has 0 aliphatic heterocycles. The first-order valence-corrected chi connectivity index (χ1v) is 8.94. The van der Waals surface area contributed by atoms with Crippen LogP contribution < -0.4 is 10.6 Å². The van der Waals surface area contributed by atoms with Gasteiger partial charge in [-0.2, -0.15) is 0 Å². The van der Waals surface area contributed by atoms with Gasteiger partial charge in [-0.3, -0.25) is 19.7 Å². The molecule has 1 aromatic heterocycles. The lowest BCUT2D eigenvalue weighted by Gasteiger charge is -2.05. The van der Waals surface area contributed by atoms with Gasteiger partial charge in [0.05, 0.1) is 15.1 Å². The Labute approximate surface area is 158 Å². The van der Waals surface area contributed by atoms with Crippen molar-refractivity contribution in [3.63, 3.8) is 0 Å². The van der Waals surface area contributed by atoms with E-state index in [1.54, 1.807) is 24.3 Å². The van der Waals surface area contributed by atoms with Crippen molar-refractivity contribution in [1.82, 2.24) is 10.3 Å². The summed E-state index contributed by atoms with van der Waals surface area (Å²) in [7, 11) is 0. The minimum atomic E-state index is -0.478. The topological polar surface area (TPSA) is 114 Å². The molecule has 138 valence electrons. The number of carbonyl (C=O) groups is 2. The number of fused-ring (bicyclic) bond motifs is 1. The molecule has 0 fully saturated rings. The summed E-state index contributed by atoms with van der Waals surface area (Å²) >= 11 is 1.16. The fourth-order valence-electron chi connectivity index (χ4n) is 2.44. The van der Waals surface area contributed by atoms with Crippen LogP contribution in [0.4, 0.5) is 10.8 Å². The lowest BCUT2D eigenvalue weighted by molar-refractivity contribution is -0.384. The number of non-ortho nitro benzene ring substituents is 1. The number of amides is 2. The molecule has 27 heavy (non-hydrogen) atoms. The maximum atomic E-state index is 12.0. The van der Waals surface area contributed by atoms with Crippen LogP contribution >= 0.6 is 11.3 Å². The van der Waals surface area contributed by atoms with Crippen LogP contribution in [0, 0.1) is 17.0 Å². The van der Waals surface area contributed by atoms with E-state index in [1.165, 1.54) is 12.1 Å². The van der Waals surface area contributed by atoms with Crippen LogP contribution in [0.3, 0.4) is 0 Å². The predicted octanol–water partition coefficient (Wildman–Crippen LogP) is 3.27. The summed E-state index contributed by atoms with van der Waals surface area (Å²) in [5.41, 5.74) is 2.08. The Balaban J connectivity index is 1.54. The van der Waals surface area contributed by atoms with Gasteiger partial charge in [0.2, 0.25) is 5.91 Å². The van der Waals surface area contributed by atoms with Crippen LogP contribution in [-0.4, -0.2) is 28.3 Å². The third kappa shape index (κ3) is 4.64. The Hall–Kier alpha value is -3.33. The Kier molecular flexibility index (Phi) is 5.41. The number of nitro groups is 1. The lowest BCUT2D eigenvalue weighted by Crippen LogP contribution is -2.27. The maximum Gasteiger partial charge on any atom is 0.270 e. The molecule has 0 unspecified atom stereocenters. The number of nitrogens with one attached hydrogen (secondary N) is 2. The van der Waals surface area contributed by atoms with Gasteiger partial charge >= 0.3 is 0 Å². The Morgan fingerprint density at radius 2 is 2.04 bits per heavy atom. The number of hydrogen-bond donors (Lipinski definition) is 2. The number of aryl methyl sites for hydroxylation is 1. The fraction of sp³-hybridized carbons (Fsp3) is 0.167. The number of nitro benzene ring substituents is 1. The molecule has 0 radical (unpaired) electrons. The second kappa shape index (κ2) is 7.92. The van der Waals surface area contributed by atoms with Gasteiger partial charge in [-0.1, -0.05) is 29.0 Å². The van der Waals surface area contributed by atoms with Gasteiger partial charge in [0, 0.05) is 30.7 Å². The maximum absolute atomic E-state index is 12.0. The number of hydrogen-bond acceptors (Lipinski definition) is 6. The summed E-state index contributed by atoms with van der Waals surface area (Å²) in [6, 6.07) is 11.5. The normalized spacial score (nSPS) is 10.6. The van der Waals surface area contributed by atoms with Crippen molar-refractivity contribution in [2.75, 3.05) is 11.9 Å². The van der Waals surface area contributed by atoms with Crippen LogP contribution in [0.25, 0.3) is 10.2 Å². The lowest BCUT2D eigenvalue weighted by atomic mass is 10.1. The molecule has 0 atom stereocenters. The zero-order valence-electron chi connectivity index (χ0n) is 14.4. The van der Waals surface area contributed by atoms with E-state index in [0.29, 0.717) is 20.9 Å². The summed E-state index contributed by atoms with van der Waals surface area (Å²) in [5.74, 6) is -0.535. The van der Waals surface area contributed by atoms with Gasteiger partial charge in [0.25, 0.3) is 11.6 Å². The zero-order valence-corrected chi connectivity index (χ0v) is 15.2. The minimum Gasteiger partial charge on any atom is -0.352 e. The molecule has 2 aromatic carbocycles. The monoisotopic (exact) mass is 384 g/mol. The SMILES string of the molecule is Cc1cccc(C(=O)NCCC(=O)Nc2nc3ccc([N+](=O)[O-])cc3s2)c1. The van der Waals surface area contributed by atoms with E-state index >= 15 is 0 Å². The van der Waals surface area contributed by atoms with Gasteiger partial charge in [0.1, 0.15) is 0 Å². The summed E-state index contributed by atoms with van der Waals surface area (Å²) < 4.78 is 0.618. The predicted molar refractivity (Wildman–Crippen MR) is 103 cm³/mol. The van der Waals surface area contributed by atoms with Crippen molar-refractivity contribution in [1.29, 1.82) is 0 Å². The van der Waals surface area contributed by atoms with Crippen molar-refractivity contribution in [3.05, 3.63) is 63.7 Å². The van der Waals surface area contributed by atoms with E-state index in [1.807, 2.05) is 13.0 Å². The number of aromatic nitrogens is 1. The van der Waals surface area contributed by atoms with Gasteiger partial charge in [-0.15, -0.1) is 0 Å². The van der Waals surface area contributed by atoms with Gasteiger partial charge < -0.3 is 10.6 Å². The van der Waals surface area contributed by atoms with Crippen LogP contribution in [0.5, 0.6) is 0 Å². The second-order valence-electron chi connectivity index (χ2n) is 5.85. The smallest absolute Gasteiger partial charge is 0.270 e. The molecule has 2 amide bonds. The molecule has 0 saturated heterocycles. The third-order valence-corrected chi connectivity index (χ3v) is 4.68. The average Bonchev–Trinajstić information content (AvgIpc) is 3.02. The highest BCUT2D eigenvalue weighted by atomic mass is 32.1. The first-order chi connectivity index (χ1) is 12.9. The number of thiazole rings is 1. The van der Waals surface area contributed by atoms with Gasteiger partial charge in [-0.25, -0.2) is 4.98 Å². The molecule has 0 bridgehead atoms. The average molecular weight is 384 g/mol. The summed E-state index contributed by atoms with van der Waals surface area (Å²) in [6.45, 7) is 2.09. The van der Waals surface area contributed by atoms with Crippen molar-refractivity contribution < 1.29 is 14.5 Å². The third-order valence-electron chi connectivity index (χ3n) is 3.75. The van der Waals surface area contributed by atoms with Gasteiger partial charge in [0.15, 0.2) is 5.13 Å². The van der Waals surface area contributed by atoms with E-state index in [-0.39, 0.29) is 30.5 Å². The minimum absolute atomic E-state index is 0.0251. The Bertz CT molecular complexity index is 1030. The highest BCUT2D eigenvalue weighted by Gasteiger charge is 2.12. The molecule has 0 aliphatic rings. The Morgan fingerprint density at radius 1 is 1.22 bits per heavy atom. The molecule has 3 aromatic rings. The van der Waals surface area contributed by atoms with Crippen LogP contribution in [0.15, 0.2) is 42.5 Å². The quantitative estimate of drug-likeness (QED) is 0.500. The van der Waals surface area contributed by atoms with E-state index in [2.05, 4.69) is 15.6 Å². The summed E-state index contributed by atoms with van der Waals surface area (Å²) in [6.07, 6.45) is 0.0909. The highest BCUT2D eigenvalue weighted by molar-refractivity contribution is 7.22. The van der Waals surface area contributed by atoms with Crippen LogP contribution in [-0.2, 0) is 4.79 Å². The van der Waals surface area contributed by atoms with Crippen molar-refractivity contribution in [2.24, 2.45) is 0 Å². The summed E-state index contributed by atoms with van der Waals surface area (Å²) in [4.78, 5) is 38.6. The number of rotatable bonds is 6. The first kappa shape index (κ1) is 18.5. The molecule has 2 N–H and O–H groups in total. The van der Waals surface area contributed by atoms with E-state index in [9.17, 15) is 19.7 Å². The van der Waals surface area contributed by atoms with E-state index in [0.717, 1.165) is 16.9 Å². The molecule has 3 rings (SSSR count). The van der Waals surface area contributed by atoms with Crippen LogP contribution in [0.1, 0.15) is 22.3 Å². The number of nitrogens with zero attached hydrogens (tertiary/aromatic N) is 2. The van der Waals surface area contributed by atoms with Crippen molar-refractivity contribution >= 4 is 44.2 Å². The number of anilines is 1. The van der Waals surface area contributed by atoms with E-state index < -0.39 is 4.92 Å². The molecule has 0 aliphatic carbocycles. The molecular formula is C18H16N4O4S. The molecule has 1 heterocycles. The molecule has 0 saturated carbocycles. The largest absolute Gasteiger partial charge is 0.352 e. The molecule has 0 spiro atoms. The van der Waals surface area contributed by atoms with Crippen molar-refractivity contribution in [2.45, 2.75) is 13.3 Å². The number of benzene rings is 2. The van der Waals surface area contributed by atoms with Gasteiger partial charge in [-0.05, 0) is 25.1 Å². The standard InChI is InChI=1S/C18H16N4O4S/c1-11-3-2-4-12(9-11)17(24)19-8-7-16(23)21-18-20-14-6-5-13(22(25)26)10-15(14)27-18/h2-6,9-10H,7-8H2,1H3,(H,19,24)(H,20,21,23). The van der Waals surface area contributed by atoms with E-state index in [4.69, 9.17) is 0 Å². The highest BCUT2D eigenvalue weighted by Crippen LogP contribution is 2.29. The summed E-state index contributed by atoms with van der Waals surface area (Å²) in [5, 5.41) is 16.5. The molecule has 9 heteroatoms.